The van der Waals surface area contributed by atoms with Crippen molar-refractivity contribution in [3.63, 3.8) is 0 Å². The second-order valence-electron chi connectivity index (χ2n) is 5.19. The smallest absolute Gasteiger partial charge is 0.287 e. The second-order valence-corrected chi connectivity index (χ2v) is 6.66. The highest BCUT2D eigenvalue weighted by Gasteiger charge is 2.20. The molecular formula is C17H14ClN3O5S. The van der Waals surface area contributed by atoms with Crippen LogP contribution in [0.3, 0.4) is 0 Å². The van der Waals surface area contributed by atoms with Crippen LogP contribution in [0.25, 0.3) is 10.9 Å². The molecule has 1 aromatic heterocycles. The van der Waals surface area contributed by atoms with Gasteiger partial charge < -0.3 is 14.2 Å². The maximum Gasteiger partial charge on any atom is 0.287 e. The van der Waals surface area contributed by atoms with Crippen molar-refractivity contribution < 1.29 is 19.1 Å². The van der Waals surface area contributed by atoms with Gasteiger partial charge in [-0.1, -0.05) is 23.4 Å². The molecule has 3 aromatic rings. The molecule has 0 aliphatic rings. The fraction of sp³-hybridized carbons (Fsp3) is 0.176. The molecule has 0 atom stereocenters. The minimum atomic E-state index is -0.529. The van der Waals surface area contributed by atoms with Gasteiger partial charge in [0.25, 0.3) is 5.69 Å². The highest BCUT2D eigenvalue weighted by molar-refractivity contribution is 7.99. The number of fused-ring (bicyclic) bond motifs is 1. The summed E-state index contributed by atoms with van der Waals surface area (Å²) in [5, 5.41) is 12.3. The molecule has 0 unspecified atom stereocenters. The van der Waals surface area contributed by atoms with Gasteiger partial charge in [0.05, 0.1) is 26.3 Å². The Morgan fingerprint density at radius 3 is 2.41 bits per heavy atom. The Hall–Kier alpha value is -2.78. The van der Waals surface area contributed by atoms with Gasteiger partial charge in [-0.3, -0.25) is 10.1 Å². The molecule has 0 spiro atoms. The number of rotatable bonds is 6. The van der Waals surface area contributed by atoms with E-state index in [1.807, 2.05) is 0 Å². The summed E-state index contributed by atoms with van der Waals surface area (Å²) in [5.74, 6) is 1.33. The maximum absolute atomic E-state index is 10.9. The van der Waals surface area contributed by atoms with Gasteiger partial charge in [0.15, 0.2) is 11.5 Å². The SMILES string of the molecule is COc1cc2c(Sc3ccc([N+](=O)[O-])c(Cl)c3)ncnc2c(OC)c1OC. The van der Waals surface area contributed by atoms with Crippen molar-refractivity contribution in [2.24, 2.45) is 0 Å². The second kappa shape index (κ2) is 7.85. The van der Waals surface area contributed by atoms with Gasteiger partial charge in [0, 0.05) is 16.3 Å². The van der Waals surface area contributed by atoms with E-state index in [1.165, 1.54) is 51.6 Å². The Kier molecular flexibility index (Phi) is 5.52. The molecule has 0 aliphatic heterocycles. The summed E-state index contributed by atoms with van der Waals surface area (Å²) in [7, 11) is 4.56. The highest BCUT2D eigenvalue weighted by atomic mass is 35.5. The van der Waals surface area contributed by atoms with E-state index in [0.29, 0.717) is 38.1 Å². The van der Waals surface area contributed by atoms with Crippen molar-refractivity contribution in [2.45, 2.75) is 9.92 Å². The largest absolute Gasteiger partial charge is 0.493 e. The third kappa shape index (κ3) is 3.56. The minimum absolute atomic E-state index is 0.0557. The molecule has 0 saturated heterocycles. The zero-order valence-electron chi connectivity index (χ0n) is 14.6. The molecule has 0 bridgehead atoms. The fourth-order valence-corrected chi connectivity index (χ4v) is 3.75. The van der Waals surface area contributed by atoms with Crippen LogP contribution < -0.4 is 14.2 Å². The van der Waals surface area contributed by atoms with Crippen molar-refractivity contribution in [1.82, 2.24) is 9.97 Å². The Morgan fingerprint density at radius 2 is 1.81 bits per heavy atom. The first-order valence-corrected chi connectivity index (χ1v) is 8.75. The predicted octanol–water partition coefficient (Wildman–Crippen LogP) is 4.37. The third-order valence-electron chi connectivity index (χ3n) is 3.73. The molecule has 3 rings (SSSR count). The molecule has 2 aromatic carbocycles. The van der Waals surface area contributed by atoms with E-state index in [1.54, 1.807) is 12.1 Å². The summed E-state index contributed by atoms with van der Waals surface area (Å²) in [5.41, 5.74) is 0.405. The number of aromatic nitrogens is 2. The van der Waals surface area contributed by atoms with Gasteiger partial charge in [-0.25, -0.2) is 9.97 Å². The van der Waals surface area contributed by atoms with Crippen LogP contribution >= 0.6 is 23.4 Å². The quantitative estimate of drug-likeness (QED) is 0.337. The van der Waals surface area contributed by atoms with Crippen LogP contribution in [-0.2, 0) is 0 Å². The number of methoxy groups -OCH3 is 3. The highest BCUT2D eigenvalue weighted by Crippen LogP contribution is 2.45. The number of ether oxygens (including phenoxy) is 3. The number of nitro groups is 1. The lowest BCUT2D eigenvalue weighted by atomic mass is 10.2. The van der Waals surface area contributed by atoms with Gasteiger partial charge in [0.1, 0.15) is 21.9 Å². The summed E-state index contributed by atoms with van der Waals surface area (Å²) in [6.07, 6.45) is 1.41. The average Bonchev–Trinajstić information content (AvgIpc) is 2.66. The number of halogens is 1. The number of benzene rings is 2. The standard InChI is InChI=1S/C17H14ClN3O5S/c1-24-13-7-10-14(16(26-3)15(13)25-2)19-8-20-17(10)27-9-4-5-12(21(22)23)11(18)6-9/h4-8H,1-3H3. The average molecular weight is 408 g/mol. The Bertz CT molecular complexity index is 1030. The van der Waals surface area contributed by atoms with Crippen molar-refractivity contribution in [3.8, 4) is 17.2 Å². The van der Waals surface area contributed by atoms with Crippen LogP contribution in [0.5, 0.6) is 17.2 Å². The number of nitrogens with zero attached hydrogens (tertiary/aromatic N) is 3. The van der Waals surface area contributed by atoms with E-state index in [0.717, 1.165) is 0 Å². The van der Waals surface area contributed by atoms with Gasteiger partial charge >= 0.3 is 0 Å². The molecule has 140 valence electrons. The van der Waals surface area contributed by atoms with Crippen molar-refractivity contribution in [2.75, 3.05) is 21.3 Å². The van der Waals surface area contributed by atoms with Gasteiger partial charge in [-0.05, 0) is 18.2 Å². The summed E-state index contributed by atoms with van der Waals surface area (Å²) < 4.78 is 16.2. The minimum Gasteiger partial charge on any atom is -0.493 e. The van der Waals surface area contributed by atoms with E-state index in [9.17, 15) is 10.1 Å². The van der Waals surface area contributed by atoms with Gasteiger partial charge in [-0.15, -0.1) is 0 Å². The van der Waals surface area contributed by atoms with E-state index in [-0.39, 0.29) is 10.7 Å². The molecule has 0 aliphatic carbocycles. The predicted molar refractivity (Wildman–Crippen MR) is 101 cm³/mol. The van der Waals surface area contributed by atoms with Crippen molar-refractivity contribution in [1.29, 1.82) is 0 Å². The molecule has 0 fully saturated rings. The van der Waals surface area contributed by atoms with Crippen LogP contribution in [0.1, 0.15) is 0 Å². The van der Waals surface area contributed by atoms with Crippen LogP contribution in [0.15, 0.2) is 40.5 Å². The number of nitro benzene ring substituents is 1. The topological polar surface area (TPSA) is 96.6 Å². The maximum atomic E-state index is 10.9. The van der Waals surface area contributed by atoms with Crippen molar-refractivity contribution in [3.05, 3.63) is 45.7 Å². The first kappa shape index (κ1) is 19.0. The Balaban J connectivity index is 2.13. The molecule has 0 saturated carbocycles. The first-order valence-electron chi connectivity index (χ1n) is 7.55. The van der Waals surface area contributed by atoms with Crippen LogP contribution in [0, 0.1) is 10.1 Å². The van der Waals surface area contributed by atoms with Crippen LogP contribution in [0.4, 0.5) is 5.69 Å². The summed E-state index contributed by atoms with van der Waals surface area (Å²) >= 11 is 7.29. The fourth-order valence-electron chi connectivity index (χ4n) is 2.53. The monoisotopic (exact) mass is 407 g/mol. The molecule has 8 nitrogen and oxygen atoms in total. The molecule has 0 radical (unpaired) electrons. The first-order chi connectivity index (χ1) is 13.0. The molecular weight excluding hydrogens is 394 g/mol. The molecule has 0 N–H and O–H groups in total. The Labute approximate surface area is 163 Å². The lowest BCUT2D eigenvalue weighted by Crippen LogP contribution is -1.98. The van der Waals surface area contributed by atoms with Crippen LogP contribution in [0.2, 0.25) is 5.02 Å². The zero-order valence-corrected chi connectivity index (χ0v) is 16.1. The normalized spacial score (nSPS) is 10.7. The van der Waals surface area contributed by atoms with E-state index in [4.69, 9.17) is 25.8 Å². The molecule has 10 heteroatoms. The van der Waals surface area contributed by atoms with E-state index >= 15 is 0 Å². The number of hydrogen-bond donors (Lipinski definition) is 0. The van der Waals surface area contributed by atoms with Gasteiger partial charge in [-0.2, -0.15) is 0 Å². The Morgan fingerprint density at radius 1 is 1.07 bits per heavy atom. The number of hydrogen-bond acceptors (Lipinski definition) is 8. The van der Waals surface area contributed by atoms with E-state index in [2.05, 4.69) is 9.97 Å². The van der Waals surface area contributed by atoms with Crippen LogP contribution in [-0.4, -0.2) is 36.2 Å². The molecule has 1 heterocycles. The van der Waals surface area contributed by atoms with Crippen molar-refractivity contribution >= 4 is 40.0 Å². The lowest BCUT2D eigenvalue weighted by molar-refractivity contribution is -0.384. The molecule has 0 amide bonds. The zero-order chi connectivity index (χ0) is 19.6. The lowest BCUT2D eigenvalue weighted by Gasteiger charge is -2.15. The van der Waals surface area contributed by atoms with E-state index < -0.39 is 4.92 Å². The summed E-state index contributed by atoms with van der Waals surface area (Å²) in [6.45, 7) is 0. The summed E-state index contributed by atoms with van der Waals surface area (Å²) in [4.78, 5) is 19.7. The third-order valence-corrected chi connectivity index (χ3v) is 5.04. The summed E-state index contributed by atoms with van der Waals surface area (Å²) in [6, 6.07) is 6.25. The molecule has 27 heavy (non-hydrogen) atoms. The van der Waals surface area contributed by atoms with Gasteiger partial charge in [0.2, 0.25) is 5.75 Å².